The molecule has 0 bridgehead atoms. The Bertz CT molecular complexity index is 865. The van der Waals surface area contributed by atoms with E-state index in [0.29, 0.717) is 11.4 Å². The minimum atomic E-state index is -0.338. The summed E-state index contributed by atoms with van der Waals surface area (Å²) in [6.45, 7) is 0.282. The SMILES string of the molecule is O=C(NCc1ccc(F)cc1)c1ccc(Nc2cccc(F)c2)cn1. The smallest absolute Gasteiger partial charge is 0.270 e. The van der Waals surface area contributed by atoms with Gasteiger partial charge in [0.25, 0.3) is 5.91 Å². The molecule has 1 heterocycles. The van der Waals surface area contributed by atoms with Crippen molar-refractivity contribution in [2.45, 2.75) is 6.54 Å². The molecule has 3 aromatic rings. The van der Waals surface area contributed by atoms with Gasteiger partial charge in [-0.3, -0.25) is 4.79 Å². The topological polar surface area (TPSA) is 54.0 Å². The van der Waals surface area contributed by atoms with Gasteiger partial charge in [-0.15, -0.1) is 0 Å². The zero-order chi connectivity index (χ0) is 17.6. The molecule has 126 valence electrons. The summed E-state index contributed by atoms with van der Waals surface area (Å²) < 4.78 is 26.0. The maximum Gasteiger partial charge on any atom is 0.270 e. The van der Waals surface area contributed by atoms with Crippen LogP contribution in [0, 0.1) is 11.6 Å². The van der Waals surface area contributed by atoms with Crippen LogP contribution < -0.4 is 10.6 Å². The van der Waals surface area contributed by atoms with Gasteiger partial charge in [0.05, 0.1) is 11.9 Å². The van der Waals surface area contributed by atoms with Crippen molar-refractivity contribution < 1.29 is 13.6 Å². The first kappa shape index (κ1) is 16.6. The van der Waals surface area contributed by atoms with Gasteiger partial charge >= 0.3 is 0 Å². The Balaban J connectivity index is 1.59. The van der Waals surface area contributed by atoms with Gasteiger partial charge in [0, 0.05) is 12.2 Å². The van der Waals surface area contributed by atoms with Gasteiger partial charge in [-0.2, -0.15) is 0 Å². The lowest BCUT2D eigenvalue weighted by Crippen LogP contribution is -2.23. The number of anilines is 2. The van der Waals surface area contributed by atoms with Crippen LogP contribution >= 0.6 is 0 Å². The molecular formula is C19H15F2N3O. The van der Waals surface area contributed by atoms with Gasteiger partial charge in [0.2, 0.25) is 0 Å². The molecule has 0 unspecified atom stereocenters. The van der Waals surface area contributed by atoms with Crippen LogP contribution in [0.15, 0.2) is 66.9 Å². The third-order valence-corrected chi connectivity index (χ3v) is 3.48. The van der Waals surface area contributed by atoms with E-state index in [2.05, 4.69) is 15.6 Å². The lowest BCUT2D eigenvalue weighted by Gasteiger charge is -2.08. The summed E-state index contributed by atoms with van der Waals surface area (Å²) in [4.78, 5) is 16.2. The predicted octanol–water partition coefficient (Wildman–Crippen LogP) is 4.03. The standard InChI is InChI=1S/C19H15F2N3O/c20-14-6-4-13(5-7-14)11-23-19(25)18-9-8-17(12-22-18)24-16-3-1-2-15(21)10-16/h1-10,12,24H,11H2,(H,23,25). The lowest BCUT2D eigenvalue weighted by molar-refractivity contribution is 0.0946. The van der Waals surface area contributed by atoms with E-state index in [1.165, 1.54) is 30.5 Å². The highest BCUT2D eigenvalue weighted by Gasteiger charge is 2.07. The van der Waals surface area contributed by atoms with Crippen LogP contribution in [0.3, 0.4) is 0 Å². The highest BCUT2D eigenvalue weighted by molar-refractivity contribution is 5.92. The molecule has 0 saturated carbocycles. The molecule has 0 radical (unpaired) electrons. The number of rotatable bonds is 5. The van der Waals surface area contributed by atoms with Crippen molar-refractivity contribution in [3.8, 4) is 0 Å². The summed E-state index contributed by atoms with van der Waals surface area (Å²) in [6, 6.07) is 15.2. The van der Waals surface area contributed by atoms with Crippen molar-refractivity contribution in [3.05, 3.63) is 89.8 Å². The van der Waals surface area contributed by atoms with Crippen molar-refractivity contribution in [2.75, 3.05) is 5.32 Å². The predicted molar refractivity (Wildman–Crippen MR) is 91.5 cm³/mol. The monoisotopic (exact) mass is 339 g/mol. The number of hydrogen-bond acceptors (Lipinski definition) is 3. The van der Waals surface area contributed by atoms with Crippen molar-refractivity contribution in [2.24, 2.45) is 0 Å². The number of carbonyl (C=O) groups is 1. The Hall–Kier alpha value is -3.28. The summed E-state index contributed by atoms with van der Waals surface area (Å²) in [5, 5.41) is 5.72. The van der Waals surface area contributed by atoms with Gasteiger partial charge in [-0.25, -0.2) is 13.8 Å². The molecule has 4 nitrogen and oxygen atoms in total. The highest BCUT2D eigenvalue weighted by atomic mass is 19.1. The summed E-state index contributed by atoms with van der Waals surface area (Å²) in [5.74, 6) is -0.991. The molecule has 1 amide bonds. The molecule has 0 atom stereocenters. The number of nitrogens with zero attached hydrogens (tertiary/aromatic N) is 1. The summed E-state index contributed by atoms with van der Waals surface area (Å²) in [7, 11) is 0. The van der Waals surface area contributed by atoms with Crippen molar-refractivity contribution in [1.29, 1.82) is 0 Å². The first-order chi connectivity index (χ1) is 12.1. The van der Waals surface area contributed by atoms with E-state index in [1.807, 2.05) is 0 Å². The van der Waals surface area contributed by atoms with E-state index >= 15 is 0 Å². The van der Waals surface area contributed by atoms with Gasteiger partial charge in [-0.1, -0.05) is 18.2 Å². The number of halogens is 2. The summed E-state index contributed by atoms with van der Waals surface area (Å²) in [5.41, 5.74) is 2.28. The maximum absolute atomic E-state index is 13.2. The first-order valence-corrected chi connectivity index (χ1v) is 7.61. The second-order valence-electron chi connectivity index (χ2n) is 5.38. The van der Waals surface area contributed by atoms with Crippen LogP contribution in [0.4, 0.5) is 20.2 Å². The van der Waals surface area contributed by atoms with Crippen LogP contribution in [0.5, 0.6) is 0 Å². The van der Waals surface area contributed by atoms with Crippen molar-refractivity contribution >= 4 is 17.3 Å². The van der Waals surface area contributed by atoms with Gasteiger partial charge in [0.15, 0.2) is 0 Å². The molecule has 25 heavy (non-hydrogen) atoms. The largest absolute Gasteiger partial charge is 0.354 e. The van der Waals surface area contributed by atoms with Crippen LogP contribution in [0.2, 0.25) is 0 Å². The molecular weight excluding hydrogens is 324 g/mol. The number of amides is 1. The van der Waals surface area contributed by atoms with Gasteiger partial charge in [0.1, 0.15) is 17.3 Å². The fourth-order valence-corrected chi connectivity index (χ4v) is 2.21. The Morgan fingerprint density at radius 3 is 2.40 bits per heavy atom. The molecule has 1 aromatic heterocycles. The van der Waals surface area contributed by atoms with Crippen LogP contribution in [-0.4, -0.2) is 10.9 Å². The zero-order valence-corrected chi connectivity index (χ0v) is 13.2. The van der Waals surface area contributed by atoms with Gasteiger partial charge < -0.3 is 10.6 Å². The minimum absolute atomic E-state index is 0.256. The molecule has 2 N–H and O–H groups in total. The molecule has 0 aliphatic rings. The number of aromatic nitrogens is 1. The van der Waals surface area contributed by atoms with Crippen molar-refractivity contribution in [1.82, 2.24) is 10.3 Å². The van der Waals surface area contributed by atoms with Crippen molar-refractivity contribution in [3.63, 3.8) is 0 Å². The van der Waals surface area contributed by atoms with E-state index in [9.17, 15) is 13.6 Å². The fraction of sp³-hybridized carbons (Fsp3) is 0.0526. The van der Waals surface area contributed by atoms with Crippen LogP contribution in [-0.2, 0) is 6.54 Å². The van der Waals surface area contributed by atoms with E-state index in [0.717, 1.165) is 5.56 Å². The zero-order valence-electron chi connectivity index (χ0n) is 13.2. The Morgan fingerprint density at radius 2 is 1.72 bits per heavy atom. The number of benzene rings is 2. The average Bonchev–Trinajstić information content (AvgIpc) is 2.62. The molecule has 3 rings (SSSR count). The number of carbonyl (C=O) groups excluding carboxylic acids is 1. The molecule has 0 aliphatic carbocycles. The Morgan fingerprint density at radius 1 is 0.920 bits per heavy atom. The molecule has 0 aliphatic heterocycles. The third kappa shape index (κ3) is 4.60. The highest BCUT2D eigenvalue weighted by Crippen LogP contribution is 2.16. The Kier molecular flexibility index (Phi) is 4.99. The Labute approximate surface area is 143 Å². The summed E-state index contributed by atoms with van der Waals surface area (Å²) in [6.07, 6.45) is 1.50. The van der Waals surface area contributed by atoms with Crippen LogP contribution in [0.25, 0.3) is 0 Å². The van der Waals surface area contributed by atoms with E-state index < -0.39 is 0 Å². The van der Waals surface area contributed by atoms with E-state index in [1.54, 1.807) is 36.4 Å². The molecule has 0 fully saturated rings. The van der Waals surface area contributed by atoms with Gasteiger partial charge in [-0.05, 0) is 48.0 Å². The summed E-state index contributed by atoms with van der Waals surface area (Å²) >= 11 is 0. The number of nitrogens with one attached hydrogen (secondary N) is 2. The van der Waals surface area contributed by atoms with Crippen LogP contribution in [0.1, 0.15) is 16.1 Å². The maximum atomic E-state index is 13.2. The second kappa shape index (κ2) is 7.53. The fourth-order valence-electron chi connectivity index (χ4n) is 2.21. The number of pyridine rings is 1. The third-order valence-electron chi connectivity index (χ3n) is 3.48. The molecule has 6 heteroatoms. The number of hydrogen-bond donors (Lipinski definition) is 2. The quantitative estimate of drug-likeness (QED) is 0.738. The molecule has 0 spiro atoms. The van der Waals surface area contributed by atoms with E-state index in [4.69, 9.17) is 0 Å². The first-order valence-electron chi connectivity index (χ1n) is 7.61. The average molecular weight is 339 g/mol. The van der Waals surface area contributed by atoms with E-state index in [-0.39, 0.29) is 29.8 Å². The lowest BCUT2D eigenvalue weighted by atomic mass is 10.2. The molecule has 0 saturated heterocycles. The second-order valence-corrected chi connectivity index (χ2v) is 5.38. The minimum Gasteiger partial charge on any atom is -0.354 e. The normalized spacial score (nSPS) is 10.3. The molecule has 2 aromatic carbocycles.